The van der Waals surface area contributed by atoms with E-state index < -0.39 is 0 Å². The summed E-state index contributed by atoms with van der Waals surface area (Å²) in [5, 5.41) is 0. The maximum Gasteiger partial charge on any atom is 0.196 e. The molecule has 5 heteroatoms. The molecule has 0 fully saturated rings. The van der Waals surface area contributed by atoms with Gasteiger partial charge in [-0.05, 0) is 26.0 Å². The number of nitrogens with zero attached hydrogens (tertiary/aromatic N) is 2. The first-order valence-corrected chi connectivity index (χ1v) is 6.42. The number of hydrogen-bond donors (Lipinski definition) is 1. The third-order valence-electron chi connectivity index (χ3n) is 3.28. The number of benzene rings is 1. The van der Waals surface area contributed by atoms with Crippen molar-refractivity contribution >= 4 is 11.6 Å². The Morgan fingerprint density at radius 1 is 1.47 bits per heavy atom. The molecular formula is C14H21N3O2. The van der Waals surface area contributed by atoms with Crippen molar-refractivity contribution in [1.82, 2.24) is 0 Å². The number of anilines is 1. The molecule has 0 radical (unpaired) electrons. The highest BCUT2D eigenvalue weighted by atomic mass is 16.5. The molecule has 0 bridgehead atoms. The summed E-state index contributed by atoms with van der Waals surface area (Å²) in [4.78, 5) is 6.37. The van der Waals surface area contributed by atoms with Gasteiger partial charge in [-0.1, -0.05) is 6.07 Å². The first kappa shape index (κ1) is 13.7. The summed E-state index contributed by atoms with van der Waals surface area (Å²) >= 11 is 0. The van der Waals surface area contributed by atoms with Gasteiger partial charge in [-0.25, -0.2) is 0 Å². The van der Waals surface area contributed by atoms with Crippen LogP contribution < -0.4 is 15.4 Å². The van der Waals surface area contributed by atoms with Crippen LogP contribution in [0.25, 0.3) is 0 Å². The van der Waals surface area contributed by atoms with E-state index in [4.69, 9.17) is 15.2 Å². The fraction of sp³-hybridized carbons (Fsp3) is 0.500. The molecule has 0 amide bonds. The molecule has 104 valence electrons. The molecule has 1 aliphatic heterocycles. The van der Waals surface area contributed by atoms with Gasteiger partial charge >= 0.3 is 0 Å². The van der Waals surface area contributed by atoms with Gasteiger partial charge in [-0.2, -0.15) is 0 Å². The summed E-state index contributed by atoms with van der Waals surface area (Å²) in [5.74, 6) is 1.33. The van der Waals surface area contributed by atoms with Gasteiger partial charge in [0.05, 0.1) is 25.8 Å². The van der Waals surface area contributed by atoms with Crippen molar-refractivity contribution in [1.29, 1.82) is 0 Å². The molecule has 1 atom stereocenters. The zero-order valence-corrected chi connectivity index (χ0v) is 11.7. The van der Waals surface area contributed by atoms with Crippen molar-refractivity contribution in [3.8, 4) is 5.75 Å². The van der Waals surface area contributed by atoms with Crippen LogP contribution in [0.5, 0.6) is 5.75 Å². The summed E-state index contributed by atoms with van der Waals surface area (Å²) < 4.78 is 10.8. The second kappa shape index (κ2) is 5.48. The van der Waals surface area contributed by atoms with E-state index in [2.05, 4.69) is 11.9 Å². The monoisotopic (exact) mass is 263 g/mol. The molecule has 19 heavy (non-hydrogen) atoms. The van der Waals surface area contributed by atoms with Gasteiger partial charge in [0.1, 0.15) is 5.75 Å². The molecular weight excluding hydrogens is 242 g/mol. The second-order valence-electron chi connectivity index (χ2n) is 4.85. The molecule has 0 aromatic heterocycles. The van der Waals surface area contributed by atoms with Crippen LogP contribution in [0.15, 0.2) is 29.3 Å². The van der Waals surface area contributed by atoms with Crippen LogP contribution in [0.2, 0.25) is 0 Å². The smallest absolute Gasteiger partial charge is 0.196 e. The average Bonchev–Trinajstić information content (AvgIpc) is 2.73. The maximum atomic E-state index is 6.03. The standard InChI is InChI=1S/C14H21N3O2/c1-4-19-10-14(2)9-16-13(15)17(14)11-6-5-7-12(8-11)18-3/h5-8H,4,9-10H2,1-3H3,(H2,15,16). The molecule has 1 aromatic rings. The quantitative estimate of drug-likeness (QED) is 0.877. The largest absolute Gasteiger partial charge is 0.497 e. The van der Waals surface area contributed by atoms with E-state index >= 15 is 0 Å². The van der Waals surface area contributed by atoms with Crippen molar-refractivity contribution in [2.24, 2.45) is 10.7 Å². The third kappa shape index (κ3) is 2.66. The predicted octanol–water partition coefficient (Wildman–Crippen LogP) is 1.63. The maximum absolute atomic E-state index is 6.03. The Bertz CT molecular complexity index is 476. The lowest BCUT2D eigenvalue weighted by molar-refractivity contribution is 0.108. The van der Waals surface area contributed by atoms with Gasteiger partial charge in [-0.3, -0.25) is 4.99 Å². The highest BCUT2D eigenvalue weighted by Crippen LogP contribution is 2.31. The number of nitrogens with two attached hydrogens (primary N) is 1. The molecule has 2 rings (SSSR count). The molecule has 1 aliphatic rings. The number of ether oxygens (including phenoxy) is 2. The summed E-state index contributed by atoms with van der Waals surface area (Å²) in [7, 11) is 1.65. The van der Waals surface area contributed by atoms with E-state index in [9.17, 15) is 0 Å². The minimum absolute atomic E-state index is 0.244. The third-order valence-corrected chi connectivity index (χ3v) is 3.28. The summed E-state index contributed by atoms with van der Waals surface area (Å²) in [5.41, 5.74) is 6.76. The molecule has 2 N–H and O–H groups in total. The Kier molecular flexibility index (Phi) is 3.95. The van der Waals surface area contributed by atoms with Crippen LogP contribution in [-0.2, 0) is 4.74 Å². The van der Waals surface area contributed by atoms with Crippen LogP contribution in [-0.4, -0.2) is 38.4 Å². The minimum atomic E-state index is -0.244. The zero-order valence-electron chi connectivity index (χ0n) is 11.7. The van der Waals surface area contributed by atoms with Crippen LogP contribution >= 0.6 is 0 Å². The molecule has 1 heterocycles. The van der Waals surface area contributed by atoms with E-state index in [1.54, 1.807) is 7.11 Å². The molecule has 1 unspecified atom stereocenters. The summed E-state index contributed by atoms with van der Waals surface area (Å²) in [6, 6.07) is 7.81. The summed E-state index contributed by atoms with van der Waals surface area (Å²) in [6.07, 6.45) is 0. The lowest BCUT2D eigenvalue weighted by Gasteiger charge is -2.35. The SMILES string of the molecule is CCOCC1(C)CN=C(N)N1c1cccc(OC)c1. The first-order valence-electron chi connectivity index (χ1n) is 6.42. The van der Waals surface area contributed by atoms with Crippen LogP contribution in [0.4, 0.5) is 5.69 Å². The average molecular weight is 263 g/mol. The zero-order chi connectivity index (χ0) is 13.9. The van der Waals surface area contributed by atoms with Crippen molar-refractivity contribution in [2.75, 3.05) is 31.8 Å². The van der Waals surface area contributed by atoms with Crippen LogP contribution in [0, 0.1) is 0 Å². The predicted molar refractivity (Wildman–Crippen MR) is 76.9 cm³/mol. The van der Waals surface area contributed by atoms with Crippen molar-refractivity contribution in [2.45, 2.75) is 19.4 Å². The number of rotatable bonds is 5. The van der Waals surface area contributed by atoms with Crippen LogP contribution in [0.1, 0.15) is 13.8 Å². The molecule has 1 aromatic carbocycles. The molecule has 0 aliphatic carbocycles. The summed E-state index contributed by atoms with van der Waals surface area (Å²) in [6.45, 7) is 5.99. The minimum Gasteiger partial charge on any atom is -0.497 e. The normalized spacial score (nSPS) is 22.5. The number of aliphatic imine (C=N–C) groups is 1. The van der Waals surface area contributed by atoms with E-state index in [-0.39, 0.29) is 5.54 Å². The van der Waals surface area contributed by atoms with Gasteiger partial charge in [0.2, 0.25) is 0 Å². The van der Waals surface area contributed by atoms with Gasteiger partial charge in [0.25, 0.3) is 0 Å². The Morgan fingerprint density at radius 2 is 2.26 bits per heavy atom. The highest BCUT2D eigenvalue weighted by Gasteiger charge is 2.39. The molecule has 0 saturated heterocycles. The van der Waals surface area contributed by atoms with E-state index in [0.717, 1.165) is 11.4 Å². The van der Waals surface area contributed by atoms with Gasteiger partial charge in [0, 0.05) is 18.4 Å². The highest BCUT2D eigenvalue weighted by molar-refractivity contribution is 5.98. The first-order chi connectivity index (χ1) is 9.10. The molecule has 0 spiro atoms. The van der Waals surface area contributed by atoms with Crippen molar-refractivity contribution in [3.63, 3.8) is 0 Å². The lowest BCUT2D eigenvalue weighted by Crippen LogP contribution is -2.53. The number of guanidine groups is 1. The molecule has 5 nitrogen and oxygen atoms in total. The molecule has 0 saturated carbocycles. The van der Waals surface area contributed by atoms with Gasteiger partial charge < -0.3 is 20.1 Å². The van der Waals surface area contributed by atoms with E-state index in [0.29, 0.717) is 25.7 Å². The Labute approximate surface area is 114 Å². The van der Waals surface area contributed by atoms with E-state index in [1.807, 2.05) is 36.1 Å². The fourth-order valence-electron chi connectivity index (χ4n) is 2.29. The van der Waals surface area contributed by atoms with Crippen LogP contribution in [0.3, 0.4) is 0 Å². The number of methoxy groups -OCH3 is 1. The Hall–Kier alpha value is -1.75. The topological polar surface area (TPSA) is 60.1 Å². The fourth-order valence-corrected chi connectivity index (χ4v) is 2.29. The number of hydrogen-bond acceptors (Lipinski definition) is 5. The Balaban J connectivity index is 2.30. The van der Waals surface area contributed by atoms with Crippen molar-refractivity contribution < 1.29 is 9.47 Å². The van der Waals surface area contributed by atoms with E-state index in [1.165, 1.54) is 0 Å². The second-order valence-corrected chi connectivity index (χ2v) is 4.85. The van der Waals surface area contributed by atoms with Gasteiger partial charge in [0.15, 0.2) is 5.96 Å². The van der Waals surface area contributed by atoms with Gasteiger partial charge in [-0.15, -0.1) is 0 Å². The Morgan fingerprint density at radius 3 is 2.95 bits per heavy atom. The van der Waals surface area contributed by atoms with Crippen molar-refractivity contribution in [3.05, 3.63) is 24.3 Å². The lowest BCUT2D eigenvalue weighted by atomic mass is 10.0.